The minimum Gasteiger partial charge on any atom is -0.451 e. The van der Waals surface area contributed by atoms with Crippen LogP contribution < -0.4 is 0 Å². The van der Waals surface area contributed by atoms with Crippen LogP contribution in [0.5, 0.6) is 0 Å². The van der Waals surface area contributed by atoms with Crippen LogP contribution in [0.25, 0.3) is 5.57 Å². The zero-order valence-corrected chi connectivity index (χ0v) is 23.7. The van der Waals surface area contributed by atoms with Gasteiger partial charge in [-0.2, -0.15) is 0 Å². The van der Waals surface area contributed by atoms with Gasteiger partial charge in [0.2, 0.25) is 0 Å². The number of imide groups is 1. The molecule has 0 aliphatic carbocycles. The number of allylic oxidation sites excluding steroid dienone is 1. The molecule has 1 heterocycles. The van der Waals surface area contributed by atoms with Crippen LogP contribution in [0.4, 0.5) is 4.79 Å². The highest BCUT2D eigenvalue weighted by Crippen LogP contribution is 2.35. The number of aliphatic hydroxyl groups excluding tert-OH is 1. The third-order valence-electron chi connectivity index (χ3n) is 6.48. The SMILES string of the molecule is CO[C@@H](C(=O)N1C(=O)OC(C)(C)[C@H]1C(C)C)[C@@H](OC(C)=O)C(=O)C=C(C(=O)CCCCO)c1cccc(C)c1. The zero-order valence-electron chi connectivity index (χ0n) is 23.7. The normalized spacial score (nSPS) is 18.5. The number of aryl methyl sites for hydroxylation is 1. The monoisotopic (exact) mass is 545 g/mol. The number of hydrogen-bond acceptors (Lipinski definition) is 9. The first-order chi connectivity index (χ1) is 18.2. The number of nitrogens with zero attached hydrogens (tertiary/aromatic N) is 1. The molecule has 2 amide bonds. The van der Waals surface area contributed by atoms with Gasteiger partial charge < -0.3 is 19.3 Å². The summed E-state index contributed by atoms with van der Waals surface area (Å²) in [5.74, 6) is -3.15. The highest BCUT2D eigenvalue weighted by molar-refractivity contribution is 6.25. The average molecular weight is 546 g/mol. The van der Waals surface area contributed by atoms with Crippen molar-refractivity contribution in [2.24, 2.45) is 5.92 Å². The van der Waals surface area contributed by atoms with Gasteiger partial charge in [-0.15, -0.1) is 0 Å². The molecule has 0 radical (unpaired) electrons. The number of carbonyl (C=O) groups is 5. The smallest absolute Gasteiger partial charge is 0.417 e. The van der Waals surface area contributed by atoms with E-state index in [-0.39, 0.29) is 30.3 Å². The predicted octanol–water partition coefficient (Wildman–Crippen LogP) is 3.41. The van der Waals surface area contributed by atoms with Gasteiger partial charge in [-0.1, -0.05) is 43.7 Å². The standard InChI is InChI=1S/C29H39NO9/c1-17(2)26-29(5,6)39-28(36)30(26)27(35)25(37-7)24(38-19(4)32)23(34)16-21(22(33)13-8-9-14-31)20-12-10-11-18(3)15-20/h10-12,15-17,24-26,31H,8-9,13-14H2,1-7H3/t24-,25+,26+/m0/s1. The summed E-state index contributed by atoms with van der Waals surface area (Å²) >= 11 is 0. The molecule has 1 fully saturated rings. The van der Waals surface area contributed by atoms with Crippen LogP contribution in [0, 0.1) is 12.8 Å². The lowest BCUT2D eigenvalue weighted by Crippen LogP contribution is -2.55. The number of methoxy groups -OCH3 is 1. The quantitative estimate of drug-likeness (QED) is 0.225. The van der Waals surface area contributed by atoms with Crippen molar-refractivity contribution < 1.29 is 43.3 Å². The van der Waals surface area contributed by atoms with Gasteiger partial charge in [0, 0.05) is 32.6 Å². The Labute approximate surface area is 229 Å². The maximum absolute atomic E-state index is 13.7. The number of Topliss-reactive ketones (excluding diaryl/α,β-unsaturated/α-hetero) is 1. The van der Waals surface area contributed by atoms with Crippen molar-refractivity contribution in [1.82, 2.24) is 4.90 Å². The van der Waals surface area contributed by atoms with E-state index >= 15 is 0 Å². The number of ketones is 2. The summed E-state index contributed by atoms with van der Waals surface area (Å²) in [5.41, 5.74) is 0.400. The van der Waals surface area contributed by atoms with Crippen LogP contribution in [0.2, 0.25) is 0 Å². The Hall–Kier alpha value is -3.37. The highest BCUT2D eigenvalue weighted by Gasteiger charge is 2.54. The number of rotatable bonds is 13. The van der Waals surface area contributed by atoms with Gasteiger partial charge in [-0.3, -0.25) is 19.2 Å². The van der Waals surface area contributed by atoms with Crippen molar-refractivity contribution in [2.45, 2.75) is 84.7 Å². The summed E-state index contributed by atoms with van der Waals surface area (Å²) in [6.45, 7) is 9.84. The molecule has 10 heteroatoms. The minimum atomic E-state index is -1.77. The van der Waals surface area contributed by atoms with Crippen molar-refractivity contribution >= 4 is 35.1 Å². The van der Waals surface area contributed by atoms with E-state index in [2.05, 4.69) is 0 Å². The molecule has 3 atom stereocenters. The van der Waals surface area contributed by atoms with E-state index < -0.39 is 47.6 Å². The van der Waals surface area contributed by atoms with Crippen molar-refractivity contribution in [1.29, 1.82) is 0 Å². The van der Waals surface area contributed by atoms with Gasteiger partial charge in [-0.05, 0) is 51.2 Å². The van der Waals surface area contributed by atoms with Gasteiger partial charge in [0.05, 0.1) is 6.04 Å². The molecule has 0 saturated carbocycles. The third-order valence-corrected chi connectivity index (χ3v) is 6.48. The summed E-state index contributed by atoms with van der Waals surface area (Å²) in [6.07, 6.45) is -2.40. The van der Waals surface area contributed by atoms with Crippen molar-refractivity contribution in [3.05, 3.63) is 41.5 Å². The number of carbonyl (C=O) groups excluding carboxylic acids is 5. The second-order valence-corrected chi connectivity index (χ2v) is 10.5. The van der Waals surface area contributed by atoms with Crippen LogP contribution in [0.3, 0.4) is 0 Å². The first kappa shape index (κ1) is 31.8. The molecular weight excluding hydrogens is 506 g/mol. The molecule has 0 bridgehead atoms. The van der Waals surface area contributed by atoms with Crippen molar-refractivity contribution in [3.63, 3.8) is 0 Å². The fraction of sp³-hybridized carbons (Fsp3) is 0.552. The molecule has 1 aliphatic rings. The summed E-state index contributed by atoms with van der Waals surface area (Å²) in [6, 6.07) is 6.31. The number of aliphatic hydroxyl groups is 1. The van der Waals surface area contributed by atoms with E-state index in [1.807, 2.05) is 26.8 Å². The lowest BCUT2D eigenvalue weighted by molar-refractivity contribution is -0.166. The number of hydrogen-bond donors (Lipinski definition) is 1. The molecule has 2 rings (SSSR count). The average Bonchev–Trinajstić information content (AvgIpc) is 3.09. The largest absolute Gasteiger partial charge is 0.451 e. The van der Waals surface area contributed by atoms with E-state index in [0.717, 1.165) is 30.6 Å². The Bertz CT molecular complexity index is 1120. The molecule has 39 heavy (non-hydrogen) atoms. The fourth-order valence-corrected chi connectivity index (χ4v) is 4.92. The van der Waals surface area contributed by atoms with E-state index in [1.165, 1.54) is 0 Å². The molecular formula is C29H39NO9. The molecule has 1 aromatic carbocycles. The van der Waals surface area contributed by atoms with Crippen LogP contribution in [0.15, 0.2) is 30.3 Å². The van der Waals surface area contributed by atoms with Gasteiger partial charge in [-0.25, -0.2) is 9.69 Å². The van der Waals surface area contributed by atoms with Gasteiger partial charge in [0.1, 0.15) is 5.60 Å². The van der Waals surface area contributed by atoms with E-state index in [4.69, 9.17) is 19.3 Å². The molecule has 1 aliphatic heterocycles. The molecule has 0 unspecified atom stereocenters. The number of esters is 1. The lowest BCUT2D eigenvalue weighted by Gasteiger charge is -2.33. The zero-order chi connectivity index (χ0) is 29.5. The molecule has 1 aromatic rings. The Morgan fingerprint density at radius 3 is 2.36 bits per heavy atom. The first-order valence-electron chi connectivity index (χ1n) is 13.0. The topological polar surface area (TPSA) is 137 Å². The number of amides is 2. The van der Waals surface area contributed by atoms with Crippen LogP contribution >= 0.6 is 0 Å². The fourth-order valence-electron chi connectivity index (χ4n) is 4.92. The molecule has 1 N–H and O–H groups in total. The van der Waals surface area contributed by atoms with Gasteiger partial charge >= 0.3 is 12.1 Å². The molecule has 0 aromatic heterocycles. The highest BCUT2D eigenvalue weighted by atomic mass is 16.6. The Kier molecular flexibility index (Phi) is 11.1. The number of ether oxygens (including phenoxy) is 3. The molecule has 10 nitrogen and oxygen atoms in total. The summed E-state index contributed by atoms with van der Waals surface area (Å²) in [4.78, 5) is 66.1. The molecule has 214 valence electrons. The van der Waals surface area contributed by atoms with E-state index in [1.54, 1.807) is 32.0 Å². The van der Waals surface area contributed by atoms with Gasteiger partial charge in [0.25, 0.3) is 5.91 Å². The number of cyclic esters (lactones) is 1. The maximum atomic E-state index is 13.7. The Balaban J connectivity index is 2.54. The Morgan fingerprint density at radius 1 is 1.15 bits per heavy atom. The summed E-state index contributed by atoms with van der Waals surface area (Å²) < 4.78 is 16.1. The first-order valence-corrected chi connectivity index (χ1v) is 13.0. The van der Waals surface area contributed by atoms with Crippen molar-refractivity contribution in [2.75, 3.05) is 13.7 Å². The second-order valence-electron chi connectivity index (χ2n) is 10.5. The van der Waals surface area contributed by atoms with E-state index in [9.17, 15) is 24.0 Å². The Morgan fingerprint density at radius 2 is 1.82 bits per heavy atom. The number of benzene rings is 1. The van der Waals surface area contributed by atoms with Crippen LogP contribution in [-0.2, 0) is 33.4 Å². The summed E-state index contributed by atoms with van der Waals surface area (Å²) in [5, 5.41) is 9.10. The minimum absolute atomic E-state index is 0.0721. The number of unbranched alkanes of at least 4 members (excludes halogenated alkanes) is 1. The molecule has 0 spiro atoms. The second kappa shape index (κ2) is 13.6. The van der Waals surface area contributed by atoms with Gasteiger partial charge in [0.15, 0.2) is 23.8 Å². The third kappa shape index (κ3) is 7.83. The maximum Gasteiger partial charge on any atom is 0.417 e. The summed E-state index contributed by atoms with van der Waals surface area (Å²) in [7, 11) is 1.16. The van der Waals surface area contributed by atoms with Crippen LogP contribution in [0.1, 0.15) is 65.0 Å². The van der Waals surface area contributed by atoms with E-state index in [0.29, 0.717) is 18.4 Å². The van der Waals surface area contributed by atoms with Crippen molar-refractivity contribution in [3.8, 4) is 0 Å². The molecule has 1 saturated heterocycles. The lowest BCUT2D eigenvalue weighted by atomic mass is 9.88. The van der Waals surface area contributed by atoms with Crippen LogP contribution in [-0.4, -0.2) is 77.1 Å². The predicted molar refractivity (Wildman–Crippen MR) is 142 cm³/mol.